The average Bonchev–Trinajstić information content (AvgIpc) is 2.16. The van der Waals surface area contributed by atoms with Crippen molar-refractivity contribution in [1.82, 2.24) is 4.98 Å². The Morgan fingerprint density at radius 3 is 2.92 bits per heavy atom. The van der Waals surface area contributed by atoms with E-state index < -0.39 is 0 Å². The number of hydrogen-bond acceptors (Lipinski definition) is 2. The van der Waals surface area contributed by atoms with Gasteiger partial charge in [0.05, 0.1) is 7.11 Å². The summed E-state index contributed by atoms with van der Waals surface area (Å²) < 4.78 is 5.00. The molecule has 1 rings (SSSR count). The van der Waals surface area contributed by atoms with Gasteiger partial charge in [0.25, 0.3) is 0 Å². The van der Waals surface area contributed by atoms with Gasteiger partial charge in [0.15, 0.2) is 0 Å². The van der Waals surface area contributed by atoms with Gasteiger partial charge in [-0.15, -0.1) is 0 Å². The van der Waals surface area contributed by atoms with E-state index in [-0.39, 0.29) is 0 Å². The normalized spacial score (nSPS) is 9.77. The molecule has 2 nitrogen and oxygen atoms in total. The monoisotopic (exact) mass is 261 g/mol. The summed E-state index contributed by atoms with van der Waals surface area (Å²) in [5.41, 5.74) is 1.71. The molecule has 0 aliphatic carbocycles. The van der Waals surface area contributed by atoms with Gasteiger partial charge in [-0.25, -0.2) is 4.98 Å². The quantitative estimate of drug-likeness (QED) is 0.474. The molecule has 0 saturated carbocycles. The molecule has 1 aromatic heterocycles. The van der Waals surface area contributed by atoms with Gasteiger partial charge in [-0.3, -0.25) is 0 Å². The predicted molar refractivity (Wildman–Crippen MR) is 57.9 cm³/mol. The number of rotatable bonds is 3. The highest BCUT2D eigenvalue weighted by Gasteiger charge is 2.07. The van der Waals surface area contributed by atoms with Crippen LogP contribution in [0.1, 0.15) is 11.3 Å². The third-order valence-corrected chi connectivity index (χ3v) is 2.41. The molecule has 0 bridgehead atoms. The fraction of sp³-hybridized carbons (Fsp3) is 0.222. The summed E-state index contributed by atoms with van der Waals surface area (Å²) in [6.07, 6.45) is 0. The van der Waals surface area contributed by atoms with Crippen LogP contribution in [0.4, 0.5) is 0 Å². The van der Waals surface area contributed by atoms with Crippen molar-refractivity contribution >= 4 is 33.3 Å². The Kier molecular flexibility index (Phi) is 3.75. The van der Waals surface area contributed by atoms with Crippen molar-refractivity contribution in [1.29, 1.82) is 0 Å². The minimum atomic E-state index is 0.443. The van der Waals surface area contributed by atoms with Gasteiger partial charge >= 0.3 is 0 Å². The number of methoxy groups -OCH3 is 1. The van der Waals surface area contributed by atoms with Crippen molar-refractivity contribution < 1.29 is 4.74 Å². The molecule has 0 unspecified atom stereocenters. The van der Waals surface area contributed by atoms with Crippen LogP contribution >= 0.6 is 27.5 Å². The Morgan fingerprint density at radius 2 is 2.38 bits per heavy atom. The van der Waals surface area contributed by atoms with Crippen LogP contribution in [0.2, 0.25) is 5.15 Å². The average molecular weight is 263 g/mol. The lowest BCUT2D eigenvalue weighted by atomic mass is 10.2. The van der Waals surface area contributed by atoms with E-state index in [1.807, 2.05) is 6.07 Å². The Labute approximate surface area is 90.7 Å². The molecule has 0 amide bonds. The maximum atomic E-state index is 5.75. The number of hydrogen-bond donors (Lipinski definition) is 0. The minimum absolute atomic E-state index is 0.443. The second kappa shape index (κ2) is 4.63. The summed E-state index contributed by atoms with van der Waals surface area (Å²) in [4.78, 5) is 4.13. The zero-order valence-electron chi connectivity index (χ0n) is 7.18. The zero-order valence-corrected chi connectivity index (χ0v) is 9.52. The second-order valence-corrected chi connectivity index (χ2v) is 3.35. The predicted octanol–water partition coefficient (Wildman–Crippen LogP) is 3.25. The van der Waals surface area contributed by atoms with Crippen LogP contribution in [0, 0.1) is 0 Å². The van der Waals surface area contributed by atoms with Crippen molar-refractivity contribution in [2.45, 2.75) is 5.33 Å². The van der Waals surface area contributed by atoms with Crippen LogP contribution in [0.15, 0.2) is 18.7 Å². The van der Waals surface area contributed by atoms with E-state index in [1.54, 1.807) is 13.2 Å². The molecule has 0 saturated heterocycles. The Bertz CT molecular complexity index is 327. The smallest absolute Gasteiger partial charge is 0.137 e. The molecule has 0 aliphatic rings. The van der Waals surface area contributed by atoms with Crippen LogP contribution in [0.3, 0.4) is 0 Å². The first kappa shape index (κ1) is 10.5. The largest absolute Gasteiger partial charge is 0.495 e. The molecule has 0 N–H and O–H groups in total. The first-order valence-corrected chi connectivity index (χ1v) is 5.13. The van der Waals surface area contributed by atoms with Gasteiger partial charge in [0, 0.05) is 5.33 Å². The lowest BCUT2D eigenvalue weighted by Gasteiger charge is -2.07. The summed E-state index contributed by atoms with van der Waals surface area (Å²) in [6.45, 7) is 3.73. The standard InChI is InChI=1S/C9H9BrClNO/c1-6(13-2)9-7(5-10)3-4-8(11)12-9/h3-4H,1,5H2,2H3. The van der Waals surface area contributed by atoms with E-state index >= 15 is 0 Å². The van der Waals surface area contributed by atoms with E-state index in [9.17, 15) is 0 Å². The van der Waals surface area contributed by atoms with Crippen molar-refractivity contribution in [3.8, 4) is 0 Å². The van der Waals surface area contributed by atoms with Crippen molar-refractivity contribution in [2.75, 3.05) is 7.11 Å². The third kappa shape index (κ3) is 2.45. The van der Waals surface area contributed by atoms with Gasteiger partial charge in [-0.1, -0.05) is 40.2 Å². The molecule has 0 radical (unpaired) electrons. The molecular formula is C9H9BrClNO. The van der Waals surface area contributed by atoms with E-state index in [4.69, 9.17) is 16.3 Å². The first-order chi connectivity index (χ1) is 6.19. The Hall–Kier alpha value is -0.540. The van der Waals surface area contributed by atoms with Crippen LogP contribution in [-0.2, 0) is 10.1 Å². The van der Waals surface area contributed by atoms with Crippen molar-refractivity contribution in [3.05, 3.63) is 35.1 Å². The van der Waals surface area contributed by atoms with E-state index in [0.717, 1.165) is 5.56 Å². The van der Waals surface area contributed by atoms with E-state index in [0.29, 0.717) is 21.9 Å². The molecule has 0 aromatic carbocycles. The highest BCUT2D eigenvalue weighted by atomic mass is 79.9. The molecular weight excluding hydrogens is 253 g/mol. The third-order valence-electron chi connectivity index (χ3n) is 1.60. The molecule has 4 heteroatoms. The van der Waals surface area contributed by atoms with Gasteiger partial charge in [-0.2, -0.15) is 0 Å². The zero-order chi connectivity index (χ0) is 9.84. The Morgan fingerprint density at radius 1 is 1.69 bits per heavy atom. The van der Waals surface area contributed by atoms with E-state index in [1.165, 1.54) is 0 Å². The highest BCUT2D eigenvalue weighted by molar-refractivity contribution is 9.08. The maximum absolute atomic E-state index is 5.75. The Balaban J connectivity index is 3.15. The van der Waals surface area contributed by atoms with Gasteiger partial charge in [-0.05, 0) is 11.6 Å². The van der Waals surface area contributed by atoms with Crippen LogP contribution in [-0.4, -0.2) is 12.1 Å². The SMILES string of the molecule is C=C(OC)c1nc(Cl)ccc1CBr. The summed E-state index contributed by atoms with van der Waals surface area (Å²) in [5, 5.41) is 1.15. The van der Waals surface area contributed by atoms with Gasteiger partial charge < -0.3 is 4.74 Å². The van der Waals surface area contributed by atoms with Crippen molar-refractivity contribution in [2.24, 2.45) is 0 Å². The second-order valence-electron chi connectivity index (χ2n) is 2.40. The molecule has 0 atom stereocenters. The topological polar surface area (TPSA) is 22.1 Å². The van der Waals surface area contributed by atoms with Crippen LogP contribution in [0.25, 0.3) is 5.76 Å². The number of halogens is 2. The fourth-order valence-electron chi connectivity index (χ4n) is 0.910. The number of nitrogens with zero attached hydrogens (tertiary/aromatic N) is 1. The van der Waals surface area contributed by atoms with Gasteiger partial charge in [0.1, 0.15) is 16.6 Å². The number of ether oxygens (including phenoxy) is 1. The number of pyridine rings is 1. The summed E-state index contributed by atoms with van der Waals surface area (Å²) in [5.74, 6) is 0.525. The molecule has 1 aromatic rings. The molecule has 0 fully saturated rings. The summed E-state index contributed by atoms with van der Waals surface area (Å²) >= 11 is 9.10. The lowest BCUT2D eigenvalue weighted by molar-refractivity contribution is 0.369. The van der Waals surface area contributed by atoms with Crippen LogP contribution in [0.5, 0.6) is 0 Å². The highest BCUT2D eigenvalue weighted by Crippen LogP contribution is 2.20. The maximum Gasteiger partial charge on any atom is 0.137 e. The number of aromatic nitrogens is 1. The fourth-order valence-corrected chi connectivity index (χ4v) is 1.51. The molecule has 0 spiro atoms. The minimum Gasteiger partial charge on any atom is -0.495 e. The molecule has 1 heterocycles. The van der Waals surface area contributed by atoms with E-state index in [2.05, 4.69) is 27.5 Å². The number of alkyl halides is 1. The summed E-state index contributed by atoms with van der Waals surface area (Å²) in [6, 6.07) is 3.63. The first-order valence-electron chi connectivity index (χ1n) is 3.63. The molecule has 70 valence electrons. The molecule has 13 heavy (non-hydrogen) atoms. The lowest BCUT2D eigenvalue weighted by Crippen LogP contribution is -1.96. The van der Waals surface area contributed by atoms with Crippen LogP contribution < -0.4 is 0 Å². The van der Waals surface area contributed by atoms with Crippen molar-refractivity contribution in [3.63, 3.8) is 0 Å². The van der Waals surface area contributed by atoms with Gasteiger partial charge in [0.2, 0.25) is 0 Å². The molecule has 0 aliphatic heterocycles. The summed E-state index contributed by atoms with van der Waals surface area (Å²) in [7, 11) is 1.56.